The quantitative estimate of drug-likeness (QED) is 0.776. The predicted molar refractivity (Wildman–Crippen MR) is 79.4 cm³/mol. The Morgan fingerprint density at radius 2 is 1.53 bits per heavy atom. The first-order valence-electron chi connectivity index (χ1n) is 7.37. The molecule has 0 bridgehead atoms. The molecule has 1 fully saturated rings. The fourth-order valence-corrected chi connectivity index (χ4v) is 1.94. The van der Waals surface area contributed by atoms with Crippen molar-refractivity contribution in [3.63, 3.8) is 0 Å². The molecule has 0 aromatic heterocycles. The minimum absolute atomic E-state index is 0.193. The molecule has 1 aliphatic carbocycles. The first-order valence-corrected chi connectivity index (χ1v) is 7.37. The van der Waals surface area contributed by atoms with Gasteiger partial charge in [-0.05, 0) is 26.7 Å². The second kappa shape index (κ2) is 11.1. The molecule has 0 spiro atoms. The summed E-state index contributed by atoms with van der Waals surface area (Å²) in [5, 5.41) is 6.27. The number of rotatable bonds is 6. The van der Waals surface area contributed by atoms with Gasteiger partial charge in [-0.3, -0.25) is 9.59 Å². The standard InChI is InChI=1S/C9H17NO.C6H13NO/c1-8(11)7-10-9-5-3-2-4-6-9;1-5(2)7-4-6(3)8/h9-10H,2-7H2,1H3;5,7H,4H2,1-3H3. The summed E-state index contributed by atoms with van der Waals surface area (Å²) >= 11 is 0. The third kappa shape index (κ3) is 13.5. The van der Waals surface area contributed by atoms with Gasteiger partial charge in [-0.25, -0.2) is 0 Å². The van der Waals surface area contributed by atoms with Crippen LogP contribution in [0.15, 0.2) is 0 Å². The van der Waals surface area contributed by atoms with E-state index >= 15 is 0 Å². The predicted octanol–water partition coefficient (Wildman–Crippen LogP) is 2.07. The molecular formula is C15H30N2O2. The maximum atomic E-state index is 10.6. The number of carbonyl (C=O) groups is 2. The highest BCUT2D eigenvalue weighted by Gasteiger charge is 2.12. The lowest BCUT2D eigenvalue weighted by molar-refractivity contribution is -0.117. The van der Waals surface area contributed by atoms with Crippen LogP contribution in [0.2, 0.25) is 0 Å². The van der Waals surface area contributed by atoms with Gasteiger partial charge < -0.3 is 10.6 Å². The topological polar surface area (TPSA) is 58.2 Å². The summed E-state index contributed by atoms with van der Waals surface area (Å²) in [6.45, 7) is 8.30. The Hall–Kier alpha value is -0.740. The van der Waals surface area contributed by atoms with E-state index in [4.69, 9.17) is 0 Å². The van der Waals surface area contributed by atoms with E-state index in [-0.39, 0.29) is 11.6 Å². The highest BCUT2D eigenvalue weighted by atomic mass is 16.1. The van der Waals surface area contributed by atoms with Crippen LogP contribution in [0.3, 0.4) is 0 Å². The minimum Gasteiger partial charge on any atom is -0.308 e. The smallest absolute Gasteiger partial charge is 0.143 e. The maximum Gasteiger partial charge on any atom is 0.143 e. The lowest BCUT2D eigenvalue weighted by Gasteiger charge is -2.21. The van der Waals surface area contributed by atoms with Crippen LogP contribution in [0.1, 0.15) is 59.8 Å². The summed E-state index contributed by atoms with van der Waals surface area (Å²) in [6, 6.07) is 1.03. The van der Waals surface area contributed by atoms with Gasteiger partial charge in [0.1, 0.15) is 11.6 Å². The summed E-state index contributed by atoms with van der Waals surface area (Å²) < 4.78 is 0. The van der Waals surface area contributed by atoms with Crippen molar-refractivity contribution in [3.05, 3.63) is 0 Å². The monoisotopic (exact) mass is 270 g/mol. The Labute approximate surface area is 117 Å². The van der Waals surface area contributed by atoms with E-state index in [2.05, 4.69) is 10.6 Å². The first-order chi connectivity index (χ1) is 8.91. The second-order valence-electron chi connectivity index (χ2n) is 5.66. The summed E-state index contributed by atoms with van der Waals surface area (Å²) in [5.74, 6) is 0.439. The van der Waals surface area contributed by atoms with E-state index < -0.39 is 0 Å². The van der Waals surface area contributed by atoms with Crippen molar-refractivity contribution >= 4 is 11.6 Å². The Morgan fingerprint density at radius 1 is 1.00 bits per heavy atom. The zero-order chi connectivity index (χ0) is 14.7. The molecule has 4 nitrogen and oxygen atoms in total. The van der Waals surface area contributed by atoms with Crippen LogP contribution in [-0.2, 0) is 9.59 Å². The summed E-state index contributed by atoms with van der Waals surface area (Å²) in [6.07, 6.45) is 6.55. The van der Waals surface area contributed by atoms with Crippen molar-refractivity contribution in [2.75, 3.05) is 13.1 Å². The van der Waals surface area contributed by atoms with Gasteiger partial charge in [0.15, 0.2) is 0 Å². The molecule has 0 atom stereocenters. The van der Waals surface area contributed by atoms with Crippen molar-refractivity contribution in [2.45, 2.75) is 71.9 Å². The molecule has 0 aromatic carbocycles. The van der Waals surface area contributed by atoms with E-state index in [0.29, 0.717) is 25.2 Å². The van der Waals surface area contributed by atoms with Crippen molar-refractivity contribution in [1.29, 1.82) is 0 Å². The fraction of sp³-hybridized carbons (Fsp3) is 0.867. The Balaban J connectivity index is 0.000000362. The summed E-state index contributed by atoms with van der Waals surface area (Å²) in [4.78, 5) is 20.9. The Bertz CT molecular complexity index is 259. The number of Topliss-reactive ketones (excluding diaryl/α,β-unsaturated/α-hetero) is 2. The van der Waals surface area contributed by atoms with Crippen molar-refractivity contribution in [3.8, 4) is 0 Å². The average molecular weight is 270 g/mol. The van der Waals surface area contributed by atoms with E-state index in [9.17, 15) is 9.59 Å². The molecule has 0 aromatic rings. The molecule has 112 valence electrons. The molecule has 0 amide bonds. The molecule has 19 heavy (non-hydrogen) atoms. The van der Waals surface area contributed by atoms with Crippen LogP contribution in [-0.4, -0.2) is 36.7 Å². The molecule has 1 aliphatic rings. The van der Waals surface area contributed by atoms with Gasteiger partial charge >= 0.3 is 0 Å². The van der Waals surface area contributed by atoms with Crippen LogP contribution in [0.25, 0.3) is 0 Å². The number of ketones is 2. The van der Waals surface area contributed by atoms with Gasteiger partial charge in [0.25, 0.3) is 0 Å². The van der Waals surface area contributed by atoms with E-state index in [1.807, 2.05) is 13.8 Å². The zero-order valence-corrected chi connectivity index (χ0v) is 12.9. The van der Waals surface area contributed by atoms with Crippen LogP contribution < -0.4 is 10.6 Å². The molecular weight excluding hydrogens is 240 g/mol. The lowest BCUT2D eigenvalue weighted by atomic mass is 9.95. The van der Waals surface area contributed by atoms with Crippen molar-refractivity contribution in [2.24, 2.45) is 0 Å². The molecule has 2 N–H and O–H groups in total. The van der Waals surface area contributed by atoms with Crippen molar-refractivity contribution in [1.82, 2.24) is 10.6 Å². The van der Waals surface area contributed by atoms with Crippen LogP contribution in [0, 0.1) is 0 Å². The van der Waals surface area contributed by atoms with Gasteiger partial charge in [-0.1, -0.05) is 33.1 Å². The molecule has 0 saturated heterocycles. The largest absolute Gasteiger partial charge is 0.308 e. The fourth-order valence-electron chi connectivity index (χ4n) is 1.94. The molecule has 4 heteroatoms. The average Bonchev–Trinajstić information content (AvgIpc) is 2.36. The van der Waals surface area contributed by atoms with E-state index in [1.165, 1.54) is 32.1 Å². The zero-order valence-electron chi connectivity index (χ0n) is 12.9. The highest BCUT2D eigenvalue weighted by molar-refractivity contribution is 5.77. The lowest BCUT2D eigenvalue weighted by Crippen LogP contribution is -2.34. The Morgan fingerprint density at radius 3 is 1.89 bits per heavy atom. The van der Waals surface area contributed by atoms with Gasteiger partial charge in [-0.2, -0.15) is 0 Å². The number of hydrogen-bond donors (Lipinski definition) is 2. The molecule has 0 radical (unpaired) electrons. The molecule has 0 heterocycles. The Kier molecular flexibility index (Phi) is 10.7. The van der Waals surface area contributed by atoms with Crippen LogP contribution >= 0.6 is 0 Å². The van der Waals surface area contributed by atoms with Gasteiger partial charge in [0.2, 0.25) is 0 Å². The highest BCUT2D eigenvalue weighted by Crippen LogP contribution is 2.16. The summed E-state index contributed by atoms with van der Waals surface area (Å²) in [5.41, 5.74) is 0. The number of nitrogens with one attached hydrogen (secondary N) is 2. The third-order valence-electron chi connectivity index (χ3n) is 3.00. The summed E-state index contributed by atoms with van der Waals surface area (Å²) in [7, 11) is 0. The van der Waals surface area contributed by atoms with Gasteiger partial charge in [0, 0.05) is 12.1 Å². The first kappa shape index (κ1) is 18.3. The molecule has 0 aliphatic heterocycles. The van der Waals surface area contributed by atoms with Crippen LogP contribution in [0.4, 0.5) is 0 Å². The molecule has 1 rings (SSSR count). The maximum absolute atomic E-state index is 10.6. The van der Waals surface area contributed by atoms with Gasteiger partial charge in [-0.15, -0.1) is 0 Å². The second-order valence-corrected chi connectivity index (χ2v) is 5.66. The van der Waals surface area contributed by atoms with E-state index in [0.717, 1.165) is 0 Å². The SMILES string of the molecule is CC(=O)CNC(C)C.CC(=O)CNC1CCCCC1. The number of hydrogen-bond acceptors (Lipinski definition) is 4. The van der Waals surface area contributed by atoms with Crippen LogP contribution in [0.5, 0.6) is 0 Å². The molecule has 1 saturated carbocycles. The molecule has 0 unspecified atom stereocenters. The van der Waals surface area contributed by atoms with Gasteiger partial charge in [0.05, 0.1) is 13.1 Å². The van der Waals surface area contributed by atoms with Crippen molar-refractivity contribution < 1.29 is 9.59 Å². The normalized spacial score (nSPS) is 15.8. The third-order valence-corrected chi connectivity index (χ3v) is 3.00. The van der Waals surface area contributed by atoms with E-state index in [1.54, 1.807) is 13.8 Å². The minimum atomic E-state index is 0.193. The number of carbonyl (C=O) groups excluding carboxylic acids is 2.